The first-order valence-corrected chi connectivity index (χ1v) is 3.68. The summed E-state index contributed by atoms with van der Waals surface area (Å²) in [5.74, 6) is 0.196. The van der Waals surface area contributed by atoms with Gasteiger partial charge in [0.15, 0.2) is 0 Å². The highest BCUT2D eigenvalue weighted by Gasteiger charge is 1.99. The molecule has 1 unspecified atom stereocenters. The van der Waals surface area contributed by atoms with Gasteiger partial charge < -0.3 is 5.11 Å². The Morgan fingerprint density at radius 3 is 2.36 bits per heavy atom. The maximum atomic E-state index is 8.73. The highest BCUT2D eigenvalue weighted by Crippen LogP contribution is 2.12. The molecule has 1 heteroatoms. The standard InChI is InChI=1S/C10H16O/c1-5-10(8(2)3)6-9(4)7-11/h5-6,10-11H,1-2,7H2,3-4H3/b9-6+. The average Bonchev–Trinajstić information content (AvgIpc) is 1.99. The number of aliphatic hydroxyl groups is 1. The fourth-order valence-electron chi connectivity index (χ4n) is 0.771. The molecule has 11 heavy (non-hydrogen) atoms. The molecule has 62 valence electrons. The zero-order valence-electron chi connectivity index (χ0n) is 7.30. The van der Waals surface area contributed by atoms with Gasteiger partial charge in [0.1, 0.15) is 0 Å². The molecule has 0 rings (SSSR count). The van der Waals surface area contributed by atoms with Gasteiger partial charge in [-0.05, 0) is 13.8 Å². The van der Waals surface area contributed by atoms with Crippen molar-refractivity contribution in [1.82, 2.24) is 0 Å². The van der Waals surface area contributed by atoms with Gasteiger partial charge in [-0.3, -0.25) is 0 Å². The van der Waals surface area contributed by atoms with Gasteiger partial charge >= 0.3 is 0 Å². The van der Waals surface area contributed by atoms with Crippen molar-refractivity contribution in [3.63, 3.8) is 0 Å². The summed E-state index contributed by atoms with van der Waals surface area (Å²) in [5.41, 5.74) is 2.01. The van der Waals surface area contributed by atoms with Gasteiger partial charge in [0.05, 0.1) is 6.61 Å². The molecular weight excluding hydrogens is 136 g/mol. The molecule has 0 aliphatic heterocycles. The third kappa shape index (κ3) is 3.79. The van der Waals surface area contributed by atoms with Crippen molar-refractivity contribution in [2.75, 3.05) is 6.61 Å². The van der Waals surface area contributed by atoms with Gasteiger partial charge in [-0.2, -0.15) is 0 Å². The van der Waals surface area contributed by atoms with Crippen LogP contribution in [0.3, 0.4) is 0 Å². The van der Waals surface area contributed by atoms with Crippen LogP contribution in [-0.2, 0) is 0 Å². The Kier molecular flexibility index (Phi) is 4.55. The molecule has 0 amide bonds. The van der Waals surface area contributed by atoms with E-state index in [-0.39, 0.29) is 12.5 Å². The maximum Gasteiger partial charge on any atom is 0.0639 e. The lowest BCUT2D eigenvalue weighted by molar-refractivity contribution is 0.330. The summed E-state index contributed by atoms with van der Waals surface area (Å²) in [7, 11) is 0. The molecule has 0 radical (unpaired) electrons. The predicted octanol–water partition coefficient (Wildman–Crippen LogP) is 2.30. The largest absolute Gasteiger partial charge is 0.392 e. The van der Waals surface area contributed by atoms with E-state index in [2.05, 4.69) is 13.2 Å². The Balaban J connectivity index is 4.29. The van der Waals surface area contributed by atoms with Crippen LogP contribution in [0, 0.1) is 5.92 Å². The lowest BCUT2D eigenvalue weighted by Crippen LogP contribution is -1.95. The van der Waals surface area contributed by atoms with Crippen LogP contribution in [0.25, 0.3) is 0 Å². The third-order valence-electron chi connectivity index (χ3n) is 1.54. The minimum atomic E-state index is 0.109. The van der Waals surface area contributed by atoms with E-state index in [9.17, 15) is 0 Å². The molecule has 0 heterocycles. The van der Waals surface area contributed by atoms with E-state index in [0.717, 1.165) is 11.1 Å². The summed E-state index contributed by atoms with van der Waals surface area (Å²) < 4.78 is 0. The molecule has 0 saturated heterocycles. The van der Waals surface area contributed by atoms with Gasteiger partial charge in [0, 0.05) is 5.92 Å². The van der Waals surface area contributed by atoms with Crippen molar-refractivity contribution in [3.8, 4) is 0 Å². The highest BCUT2D eigenvalue weighted by molar-refractivity contribution is 5.17. The topological polar surface area (TPSA) is 20.2 Å². The average molecular weight is 152 g/mol. The minimum Gasteiger partial charge on any atom is -0.392 e. The third-order valence-corrected chi connectivity index (χ3v) is 1.54. The zero-order chi connectivity index (χ0) is 8.85. The van der Waals surface area contributed by atoms with Crippen LogP contribution in [-0.4, -0.2) is 11.7 Å². The molecule has 0 spiro atoms. The fourth-order valence-corrected chi connectivity index (χ4v) is 0.771. The number of hydrogen-bond donors (Lipinski definition) is 1. The van der Waals surface area contributed by atoms with Crippen LogP contribution < -0.4 is 0 Å². The zero-order valence-corrected chi connectivity index (χ0v) is 7.30. The minimum absolute atomic E-state index is 0.109. The predicted molar refractivity (Wildman–Crippen MR) is 49.3 cm³/mol. The molecule has 0 bridgehead atoms. The van der Waals surface area contributed by atoms with E-state index in [0.29, 0.717) is 0 Å². The van der Waals surface area contributed by atoms with Crippen molar-refractivity contribution in [2.45, 2.75) is 13.8 Å². The SMILES string of the molecule is C=CC(/C=C(\C)CO)C(=C)C. The Hall–Kier alpha value is -0.820. The second-order valence-corrected chi connectivity index (χ2v) is 2.78. The molecule has 0 aliphatic rings. The Morgan fingerprint density at radius 2 is 2.09 bits per heavy atom. The summed E-state index contributed by atoms with van der Waals surface area (Å²) in [6, 6.07) is 0. The van der Waals surface area contributed by atoms with E-state index in [1.54, 1.807) is 0 Å². The number of hydrogen-bond acceptors (Lipinski definition) is 1. The van der Waals surface area contributed by atoms with Crippen LogP contribution in [0.5, 0.6) is 0 Å². The first-order valence-electron chi connectivity index (χ1n) is 3.68. The van der Waals surface area contributed by atoms with E-state index in [1.807, 2.05) is 26.0 Å². The number of rotatable bonds is 4. The molecule has 0 aromatic carbocycles. The van der Waals surface area contributed by atoms with Crippen molar-refractivity contribution in [1.29, 1.82) is 0 Å². The molecule has 0 aromatic heterocycles. The van der Waals surface area contributed by atoms with Gasteiger partial charge in [-0.15, -0.1) is 6.58 Å². The highest BCUT2D eigenvalue weighted by atomic mass is 16.3. The van der Waals surface area contributed by atoms with E-state index in [4.69, 9.17) is 5.11 Å². The normalized spacial score (nSPS) is 14.3. The molecule has 0 fully saturated rings. The maximum absolute atomic E-state index is 8.73. The first-order chi connectivity index (χ1) is 5.11. The summed E-state index contributed by atoms with van der Waals surface area (Å²) >= 11 is 0. The van der Waals surface area contributed by atoms with E-state index in [1.165, 1.54) is 0 Å². The van der Waals surface area contributed by atoms with E-state index < -0.39 is 0 Å². The fraction of sp³-hybridized carbons (Fsp3) is 0.400. The molecule has 1 atom stereocenters. The summed E-state index contributed by atoms with van der Waals surface area (Å²) in [5, 5.41) is 8.73. The Labute approximate surface area is 68.7 Å². The van der Waals surface area contributed by atoms with Gasteiger partial charge in [0.25, 0.3) is 0 Å². The molecule has 0 aromatic rings. The van der Waals surface area contributed by atoms with Gasteiger partial charge in [-0.1, -0.05) is 29.9 Å². The number of allylic oxidation sites excluding steroid dienone is 3. The molecule has 0 saturated carbocycles. The van der Waals surface area contributed by atoms with Crippen LogP contribution in [0.2, 0.25) is 0 Å². The smallest absolute Gasteiger partial charge is 0.0639 e. The van der Waals surface area contributed by atoms with Gasteiger partial charge in [-0.25, -0.2) is 0 Å². The first kappa shape index (κ1) is 10.2. The Morgan fingerprint density at radius 1 is 1.55 bits per heavy atom. The van der Waals surface area contributed by atoms with Crippen LogP contribution >= 0.6 is 0 Å². The van der Waals surface area contributed by atoms with Crippen molar-refractivity contribution < 1.29 is 5.11 Å². The Bertz CT molecular complexity index is 177. The summed E-state index contributed by atoms with van der Waals surface area (Å²) in [6.07, 6.45) is 3.79. The summed E-state index contributed by atoms with van der Waals surface area (Å²) in [6.45, 7) is 11.4. The molecule has 1 nitrogen and oxygen atoms in total. The summed E-state index contributed by atoms with van der Waals surface area (Å²) in [4.78, 5) is 0. The van der Waals surface area contributed by atoms with Crippen molar-refractivity contribution in [2.24, 2.45) is 5.92 Å². The number of aliphatic hydroxyl groups excluding tert-OH is 1. The second-order valence-electron chi connectivity index (χ2n) is 2.78. The monoisotopic (exact) mass is 152 g/mol. The van der Waals surface area contributed by atoms with Gasteiger partial charge in [0.2, 0.25) is 0 Å². The quantitative estimate of drug-likeness (QED) is 0.613. The molecule has 1 N–H and O–H groups in total. The van der Waals surface area contributed by atoms with Crippen LogP contribution in [0.15, 0.2) is 36.5 Å². The van der Waals surface area contributed by atoms with Crippen LogP contribution in [0.4, 0.5) is 0 Å². The molecular formula is C10H16O. The molecule has 0 aliphatic carbocycles. The second kappa shape index (κ2) is 4.91. The van der Waals surface area contributed by atoms with Crippen LogP contribution in [0.1, 0.15) is 13.8 Å². The lowest BCUT2D eigenvalue weighted by Gasteiger charge is -2.07. The van der Waals surface area contributed by atoms with E-state index >= 15 is 0 Å². The van der Waals surface area contributed by atoms with Crippen molar-refractivity contribution >= 4 is 0 Å². The van der Waals surface area contributed by atoms with Crippen molar-refractivity contribution in [3.05, 3.63) is 36.5 Å². The lowest BCUT2D eigenvalue weighted by atomic mass is 10.00.